The van der Waals surface area contributed by atoms with Gasteiger partial charge in [-0.05, 0) is 28.5 Å². The minimum absolute atomic E-state index is 0.0574. The van der Waals surface area contributed by atoms with Gasteiger partial charge in [0, 0.05) is 6.07 Å². The van der Waals surface area contributed by atoms with Gasteiger partial charge in [-0.15, -0.1) is 0 Å². The molecule has 0 radical (unpaired) electrons. The van der Waals surface area contributed by atoms with Crippen LogP contribution in [0.15, 0.2) is 47.3 Å². The molecular formula is C17H15ClF2N4O2. The topological polar surface area (TPSA) is 61.9 Å². The van der Waals surface area contributed by atoms with Gasteiger partial charge in [0.05, 0.1) is 18.2 Å². The van der Waals surface area contributed by atoms with E-state index in [1.54, 1.807) is 0 Å². The highest BCUT2D eigenvalue weighted by atomic mass is 35.5. The van der Waals surface area contributed by atoms with E-state index in [9.17, 15) is 13.6 Å². The predicted molar refractivity (Wildman–Crippen MR) is 92.0 cm³/mol. The molecular weight excluding hydrogens is 366 g/mol. The highest BCUT2D eigenvalue weighted by Gasteiger charge is 2.16. The number of nitrogens with zero attached hydrogens (tertiary/aromatic N) is 4. The molecule has 9 heteroatoms. The lowest BCUT2D eigenvalue weighted by Gasteiger charge is -2.10. The number of rotatable bonds is 7. The third-order valence-corrected chi connectivity index (χ3v) is 3.91. The van der Waals surface area contributed by atoms with Crippen LogP contribution >= 0.6 is 11.6 Å². The van der Waals surface area contributed by atoms with Crippen LogP contribution in [-0.4, -0.2) is 26.5 Å². The summed E-state index contributed by atoms with van der Waals surface area (Å²) in [5.74, 6) is -0.543. The summed E-state index contributed by atoms with van der Waals surface area (Å²) in [6.07, 6.45) is 0.118. The minimum atomic E-state index is -0.748. The van der Waals surface area contributed by atoms with Crippen molar-refractivity contribution in [3.05, 3.63) is 69.4 Å². The Morgan fingerprint density at radius 2 is 1.92 bits per heavy atom. The zero-order chi connectivity index (χ0) is 18.5. The van der Waals surface area contributed by atoms with Crippen LogP contribution in [0.3, 0.4) is 0 Å². The molecule has 0 fully saturated rings. The minimum Gasteiger partial charge on any atom is -0.487 e. The molecule has 0 unspecified atom stereocenters. The molecule has 0 atom stereocenters. The molecule has 0 saturated heterocycles. The average Bonchev–Trinajstić information content (AvgIpc) is 3.00. The van der Waals surface area contributed by atoms with Crippen molar-refractivity contribution in [3.8, 4) is 11.4 Å². The molecule has 0 N–H and O–H groups in total. The second kappa shape index (κ2) is 8.09. The number of halogens is 3. The molecule has 0 saturated carbocycles. The van der Waals surface area contributed by atoms with Crippen LogP contribution in [0, 0.1) is 5.82 Å². The Balaban J connectivity index is 1.88. The van der Waals surface area contributed by atoms with E-state index < -0.39 is 18.2 Å². The number of aryl methyl sites for hydroxylation is 1. The quantitative estimate of drug-likeness (QED) is 0.631. The Morgan fingerprint density at radius 3 is 2.65 bits per heavy atom. The fourth-order valence-corrected chi connectivity index (χ4v) is 2.51. The first-order valence-corrected chi connectivity index (χ1v) is 8.23. The summed E-state index contributed by atoms with van der Waals surface area (Å²) in [4.78, 5) is 12.2. The third-order valence-electron chi connectivity index (χ3n) is 3.61. The van der Waals surface area contributed by atoms with E-state index in [2.05, 4.69) is 10.4 Å². The number of benzene rings is 2. The normalized spacial score (nSPS) is 10.9. The molecule has 0 aliphatic carbocycles. The van der Waals surface area contributed by atoms with Crippen LogP contribution in [-0.2, 0) is 13.2 Å². The Labute approximate surface area is 152 Å². The van der Waals surface area contributed by atoms with Crippen molar-refractivity contribution in [2.75, 3.05) is 6.67 Å². The summed E-state index contributed by atoms with van der Waals surface area (Å²) in [6.45, 7) is -0.308. The zero-order valence-electron chi connectivity index (χ0n) is 13.6. The number of alkyl halides is 1. The molecule has 1 heterocycles. The zero-order valence-corrected chi connectivity index (χ0v) is 14.4. The van der Waals surface area contributed by atoms with E-state index >= 15 is 0 Å². The lowest BCUT2D eigenvalue weighted by molar-refractivity contribution is 0.305. The number of tetrazole rings is 1. The van der Waals surface area contributed by atoms with Gasteiger partial charge >= 0.3 is 5.69 Å². The molecule has 0 spiro atoms. The molecule has 0 amide bonds. The molecule has 0 aliphatic rings. The second-order valence-electron chi connectivity index (χ2n) is 5.45. The van der Waals surface area contributed by atoms with E-state index in [4.69, 9.17) is 16.3 Å². The average molecular weight is 381 g/mol. The summed E-state index contributed by atoms with van der Waals surface area (Å²) in [7, 11) is 0. The van der Waals surface area contributed by atoms with Crippen molar-refractivity contribution in [3.63, 3.8) is 0 Å². The smallest absolute Gasteiger partial charge is 0.368 e. The van der Waals surface area contributed by atoms with Gasteiger partial charge in [0.25, 0.3) is 0 Å². The maximum atomic E-state index is 14.3. The van der Waals surface area contributed by atoms with Gasteiger partial charge in [-0.25, -0.2) is 9.18 Å². The van der Waals surface area contributed by atoms with E-state index in [1.165, 1.54) is 6.07 Å². The summed E-state index contributed by atoms with van der Waals surface area (Å²) < 4.78 is 33.9. The summed E-state index contributed by atoms with van der Waals surface area (Å²) >= 11 is 6.03. The van der Waals surface area contributed by atoms with Crippen LogP contribution in [0.5, 0.6) is 5.75 Å². The Morgan fingerprint density at radius 1 is 1.15 bits per heavy atom. The number of ether oxygens (including phenoxy) is 1. The van der Waals surface area contributed by atoms with Crippen molar-refractivity contribution in [1.82, 2.24) is 19.8 Å². The van der Waals surface area contributed by atoms with Gasteiger partial charge in [-0.2, -0.15) is 9.36 Å². The molecule has 2 aromatic carbocycles. The van der Waals surface area contributed by atoms with Gasteiger partial charge in [-0.3, -0.25) is 4.39 Å². The van der Waals surface area contributed by atoms with Crippen LogP contribution in [0.2, 0.25) is 5.02 Å². The standard InChI is InChI=1S/C17H15ClF2N4O2/c18-13-9-14(20)15(24-17(25)23(21-22-24)8-4-7-19)10-16(13)26-11-12-5-2-1-3-6-12/h1-3,5-6,9-10H,4,7-8,11H2. The predicted octanol–water partition coefficient (Wildman–Crippen LogP) is 3.16. The van der Waals surface area contributed by atoms with Crippen LogP contribution in [0.4, 0.5) is 8.78 Å². The first-order valence-electron chi connectivity index (χ1n) is 7.85. The largest absolute Gasteiger partial charge is 0.487 e. The Kier molecular flexibility index (Phi) is 5.62. The molecule has 3 rings (SSSR count). The van der Waals surface area contributed by atoms with E-state index in [1.807, 2.05) is 30.3 Å². The Bertz CT molecular complexity index is 944. The lowest BCUT2D eigenvalue weighted by atomic mass is 10.2. The summed E-state index contributed by atoms with van der Waals surface area (Å²) in [6, 6.07) is 11.7. The Hall–Kier alpha value is -2.74. The number of hydrogen-bond acceptors (Lipinski definition) is 4. The van der Waals surface area contributed by atoms with Gasteiger partial charge in [-0.1, -0.05) is 41.9 Å². The molecule has 136 valence electrons. The fraction of sp³-hybridized carbons (Fsp3) is 0.235. The van der Waals surface area contributed by atoms with Crippen LogP contribution < -0.4 is 10.4 Å². The summed E-state index contributed by atoms with van der Waals surface area (Å²) in [5.41, 5.74) is 0.0893. The molecule has 0 aliphatic heterocycles. The van der Waals surface area contributed by atoms with Crippen LogP contribution in [0.1, 0.15) is 12.0 Å². The monoisotopic (exact) mass is 380 g/mol. The van der Waals surface area contributed by atoms with Crippen molar-refractivity contribution in [1.29, 1.82) is 0 Å². The molecule has 3 aromatic rings. The van der Waals surface area contributed by atoms with Crippen molar-refractivity contribution in [2.24, 2.45) is 0 Å². The van der Waals surface area contributed by atoms with E-state index in [0.29, 0.717) is 0 Å². The highest BCUT2D eigenvalue weighted by molar-refractivity contribution is 6.32. The van der Waals surface area contributed by atoms with Gasteiger partial charge < -0.3 is 4.74 Å². The maximum Gasteiger partial charge on any atom is 0.368 e. The molecule has 1 aromatic heterocycles. The van der Waals surface area contributed by atoms with Crippen molar-refractivity contribution < 1.29 is 13.5 Å². The number of hydrogen-bond donors (Lipinski definition) is 0. The summed E-state index contributed by atoms with van der Waals surface area (Å²) in [5, 5.41) is 7.34. The highest BCUT2D eigenvalue weighted by Crippen LogP contribution is 2.29. The van der Waals surface area contributed by atoms with E-state index in [0.717, 1.165) is 21.0 Å². The van der Waals surface area contributed by atoms with Gasteiger partial charge in [0.15, 0.2) is 5.82 Å². The van der Waals surface area contributed by atoms with Gasteiger partial charge in [0.2, 0.25) is 0 Å². The first kappa shape index (κ1) is 18.1. The maximum absolute atomic E-state index is 14.3. The number of aromatic nitrogens is 4. The fourth-order valence-electron chi connectivity index (χ4n) is 2.30. The van der Waals surface area contributed by atoms with E-state index in [-0.39, 0.29) is 36.0 Å². The van der Waals surface area contributed by atoms with Crippen molar-refractivity contribution in [2.45, 2.75) is 19.6 Å². The SMILES string of the molecule is O=c1n(CCCF)nnn1-c1cc(OCc2ccccc2)c(Cl)cc1F. The third kappa shape index (κ3) is 3.91. The molecule has 26 heavy (non-hydrogen) atoms. The molecule has 6 nitrogen and oxygen atoms in total. The van der Waals surface area contributed by atoms with Gasteiger partial charge in [0.1, 0.15) is 18.0 Å². The van der Waals surface area contributed by atoms with Crippen molar-refractivity contribution >= 4 is 11.6 Å². The first-order chi connectivity index (χ1) is 12.6. The molecule has 0 bridgehead atoms. The lowest BCUT2D eigenvalue weighted by Crippen LogP contribution is -2.25. The van der Waals surface area contributed by atoms with Crippen LogP contribution in [0.25, 0.3) is 5.69 Å². The second-order valence-corrected chi connectivity index (χ2v) is 5.85.